The number of hydrogen-bond donors (Lipinski definition) is 0. The molecule has 0 saturated carbocycles. The molecule has 2 nitrogen and oxygen atoms in total. The van der Waals surface area contributed by atoms with Crippen molar-refractivity contribution in [2.24, 2.45) is 0 Å². The molecular formula is C24H16N2. The van der Waals surface area contributed by atoms with Gasteiger partial charge in [-0.25, -0.2) is 0 Å². The van der Waals surface area contributed by atoms with E-state index >= 15 is 0 Å². The van der Waals surface area contributed by atoms with Gasteiger partial charge in [-0.15, -0.1) is 0 Å². The van der Waals surface area contributed by atoms with E-state index in [0.717, 1.165) is 22.3 Å². The second-order valence-electron chi connectivity index (χ2n) is 5.80. The summed E-state index contributed by atoms with van der Waals surface area (Å²) in [7, 11) is 0. The van der Waals surface area contributed by atoms with Crippen molar-refractivity contribution in [1.29, 1.82) is 10.5 Å². The van der Waals surface area contributed by atoms with E-state index in [1.807, 2.05) is 66.8 Å². The van der Waals surface area contributed by atoms with Crippen LogP contribution < -0.4 is 0 Å². The predicted molar refractivity (Wildman–Crippen MR) is 107 cm³/mol. The predicted octanol–water partition coefficient (Wildman–Crippen LogP) is 5.77. The highest BCUT2D eigenvalue weighted by Crippen LogP contribution is 2.13. The van der Waals surface area contributed by atoms with Crippen molar-refractivity contribution in [1.82, 2.24) is 0 Å². The van der Waals surface area contributed by atoms with E-state index in [4.69, 9.17) is 10.5 Å². The van der Waals surface area contributed by atoms with Crippen LogP contribution in [0.5, 0.6) is 0 Å². The molecular weight excluding hydrogens is 316 g/mol. The quantitative estimate of drug-likeness (QED) is 0.569. The maximum atomic E-state index is 8.94. The third-order valence-electron chi connectivity index (χ3n) is 3.93. The molecule has 0 aliphatic carbocycles. The molecule has 0 heterocycles. The molecule has 0 amide bonds. The fourth-order valence-electron chi connectivity index (χ4n) is 2.48. The molecule has 0 fully saturated rings. The van der Waals surface area contributed by atoms with Gasteiger partial charge in [0.15, 0.2) is 0 Å². The summed E-state index contributed by atoms with van der Waals surface area (Å²) < 4.78 is 0. The van der Waals surface area contributed by atoms with Crippen LogP contribution in [0.1, 0.15) is 33.4 Å². The average Bonchev–Trinajstić information content (AvgIpc) is 2.72. The van der Waals surface area contributed by atoms with Gasteiger partial charge < -0.3 is 0 Å². The van der Waals surface area contributed by atoms with Gasteiger partial charge in [0.25, 0.3) is 0 Å². The number of nitrogens with zero attached hydrogens (tertiary/aromatic N) is 2. The molecule has 0 unspecified atom stereocenters. The summed E-state index contributed by atoms with van der Waals surface area (Å²) in [6.45, 7) is 0. The highest BCUT2D eigenvalue weighted by atomic mass is 14.2. The first-order chi connectivity index (χ1) is 12.8. The van der Waals surface area contributed by atoms with Gasteiger partial charge in [0.1, 0.15) is 0 Å². The Kier molecular flexibility index (Phi) is 5.41. The summed E-state index contributed by atoms with van der Waals surface area (Å²) in [6.07, 6.45) is 8.11. The van der Waals surface area contributed by atoms with E-state index in [9.17, 15) is 0 Å². The normalized spacial score (nSPS) is 10.7. The Morgan fingerprint density at radius 1 is 0.500 bits per heavy atom. The zero-order valence-electron chi connectivity index (χ0n) is 14.1. The third kappa shape index (κ3) is 4.57. The Morgan fingerprint density at radius 3 is 1.46 bits per heavy atom. The van der Waals surface area contributed by atoms with Crippen LogP contribution >= 0.6 is 0 Å². The van der Waals surface area contributed by atoms with Crippen molar-refractivity contribution in [3.8, 4) is 12.1 Å². The van der Waals surface area contributed by atoms with Crippen LogP contribution in [-0.2, 0) is 0 Å². The number of nitriles is 2. The van der Waals surface area contributed by atoms with Crippen LogP contribution in [0.4, 0.5) is 0 Å². The monoisotopic (exact) mass is 332 g/mol. The topological polar surface area (TPSA) is 47.6 Å². The number of hydrogen-bond acceptors (Lipinski definition) is 2. The van der Waals surface area contributed by atoms with E-state index in [1.165, 1.54) is 0 Å². The first kappa shape index (κ1) is 17.0. The van der Waals surface area contributed by atoms with E-state index in [1.54, 1.807) is 6.07 Å². The van der Waals surface area contributed by atoms with Crippen molar-refractivity contribution in [2.45, 2.75) is 0 Å². The molecule has 0 aliphatic rings. The largest absolute Gasteiger partial charge is 0.192 e. The fraction of sp³-hybridized carbons (Fsp3) is 0. The smallest absolute Gasteiger partial charge is 0.0991 e. The Bertz CT molecular complexity index is 1030. The highest BCUT2D eigenvalue weighted by molar-refractivity contribution is 5.73. The molecule has 0 aromatic heterocycles. The average molecular weight is 332 g/mol. The maximum Gasteiger partial charge on any atom is 0.0991 e. The summed E-state index contributed by atoms with van der Waals surface area (Å²) in [4.78, 5) is 0. The molecule has 0 aliphatic heterocycles. The molecule has 3 aromatic carbocycles. The lowest BCUT2D eigenvalue weighted by atomic mass is 10.1. The van der Waals surface area contributed by atoms with Gasteiger partial charge in [0.2, 0.25) is 0 Å². The Hall–Kier alpha value is -3.88. The fourth-order valence-corrected chi connectivity index (χ4v) is 2.48. The lowest BCUT2D eigenvalue weighted by Gasteiger charge is -1.98. The van der Waals surface area contributed by atoms with Crippen molar-refractivity contribution in [2.75, 3.05) is 0 Å². The Labute approximate surface area is 153 Å². The Morgan fingerprint density at radius 2 is 0.962 bits per heavy atom. The lowest BCUT2D eigenvalue weighted by Crippen LogP contribution is -1.78. The summed E-state index contributed by atoms with van der Waals surface area (Å²) in [5, 5.41) is 17.8. The van der Waals surface area contributed by atoms with Crippen LogP contribution in [0.3, 0.4) is 0 Å². The van der Waals surface area contributed by atoms with Crippen molar-refractivity contribution >= 4 is 24.3 Å². The molecule has 0 radical (unpaired) electrons. The van der Waals surface area contributed by atoms with Gasteiger partial charge in [-0.05, 0) is 46.5 Å². The van der Waals surface area contributed by atoms with Crippen LogP contribution in [0.25, 0.3) is 24.3 Å². The van der Waals surface area contributed by atoms with Gasteiger partial charge >= 0.3 is 0 Å². The minimum atomic E-state index is 0.662. The molecule has 3 aromatic rings. The molecule has 2 heteroatoms. The summed E-state index contributed by atoms with van der Waals surface area (Å²) in [5.41, 5.74) is 5.61. The maximum absolute atomic E-state index is 8.94. The van der Waals surface area contributed by atoms with Crippen LogP contribution in [-0.4, -0.2) is 0 Å². The third-order valence-corrected chi connectivity index (χ3v) is 3.93. The summed E-state index contributed by atoms with van der Waals surface area (Å²) in [5.74, 6) is 0. The van der Waals surface area contributed by atoms with Crippen molar-refractivity contribution in [3.63, 3.8) is 0 Å². The van der Waals surface area contributed by atoms with E-state index < -0.39 is 0 Å². The molecule has 26 heavy (non-hydrogen) atoms. The first-order valence-electron chi connectivity index (χ1n) is 8.23. The molecule has 3 rings (SSSR count). The molecule has 0 spiro atoms. The SMILES string of the molecule is N#Cc1ccc(/C=C/c2ccc(/C=C\c3cccc(C#N)c3)cc2)cc1. The summed E-state index contributed by atoms with van der Waals surface area (Å²) in [6, 6.07) is 27.5. The van der Waals surface area contributed by atoms with Crippen LogP contribution in [0.2, 0.25) is 0 Å². The standard InChI is InChI=1S/C24H16N2/c25-17-23-14-11-21(12-15-23)9-6-19-4-7-20(8-5-19)10-13-22-2-1-3-24(16-22)18-26/h1-16H/b9-6+,13-10-. The van der Waals surface area contributed by atoms with E-state index in [-0.39, 0.29) is 0 Å². The van der Waals surface area contributed by atoms with E-state index in [0.29, 0.717) is 11.1 Å². The Balaban J connectivity index is 1.68. The molecule has 0 bridgehead atoms. The van der Waals surface area contributed by atoms with Crippen LogP contribution in [0, 0.1) is 22.7 Å². The van der Waals surface area contributed by atoms with E-state index in [2.05, 4.69) is 36.4 Å². The molecule has 0 N–H and O–H groups in total. The van der Waals surface area contributed by atoms with Crippen LogP contribution in [0.15, 0.2) is 72.8 Å². The molecule has 0 saturated heterocycles. The minimum absolute atomic E-state index is 0.662. The molecule has 122 valence electrons. The lowest BCUT2D eigenvalue weighted by molar-refractivity contribution is 1.48. The van der Waals surface area contributed by atoms with Gasteiger partial charge in [-0.3, -0.25) is 0 Å². The number of benzene rings is 3. The highest BCUT2D eigenvalue weighted by Gasteiger charge is 1.93. The van der Waals surface area contributed by atoms with Gasteiger partial charge in [0, 0.05) is 0 Å². The van der Waals surface area contributed by atoms with Crippen molar-refractivity contribution < 1.29 is 0 Å². The summed E-state index contributed by atoms with van der Waals surface area (Å²) >= 11 is 0. The van der Waals surface area contributed by atoms with Gasteiger partial charge in [0.05, 0.1) is 23.3 Å². The van der Waals surface area contributed by atoms with Gasteiger partial charge in [-0.1, -0.05) is 72.8 Å². The zero-order chi connectivity index (χ0) is 18.2. The number of rotatable bonds is 4. The van der Waals surface area contributed by atoms with Crippen molar-refractivity contribution in [3.05, 3.63) is 106 Å². The minimum Gasteiger partial charge on any atom is -0.192 e. The zero-order valence-corrected chi connectivity index (χ0v) is 14.1. The second kappa shape index (κ2) is 8.29. The molecule has 0 atom stereocenters. The van der Waals surface area contributed by atoms with Gasteiger partial charge in [-0.2, -0.15) is 10.5 Å². The second-order valence-corrected chi connectivity index (χ2v) is 5.80. The first-order valence-corrected chi connectivity index (χ1v) is 8.23.